The third kappa shape index (κ3) is 14.2. The largest absolute Gasteiger partial charge is 0.254 e. The molecule has 6 heteroatoms. The molecule has 1 heterocycles. The van der Waals surface area contributed by atoms with Crippen LogP contribution in [0.3, 0.4) is 0 Å². The number of aromatic nitrogens is 2. The SMILES string of the molecule is CCCCCCCCCCCCc1nnc(SSNCC(CC)CCCC)s1. The molecule has 0 spiro atoms. The van der Waals surface area contributed by atoms with Crippen molar-refractivity contribution in [1.29, 1.82) is 0 Å². The minimum Gasteiger partial charge on any atom is -0.254 e. The first-order valence-electron chi connectivity index (χ1n) is 11.7. The fraction of sp³-hybridized carbons (Fsp3) is 0.909. The lowest BCUT2D eigenvalue weighted by Crippen LogP contribution is -2.15. The van der Waals surface area contributed by atoms with Gasteiger partial charge in [0.15, 0.2) is 4.34 Å². The van der Waals surface area contributed by atoms with Gasteiger partial charge in [0.25, 0.3) is 0 Å². The summed E-state index contributed by atoms with van der Waals surface area (Å²) >= 11 is 1.77. The number of aryl methyl sites for hydroxylation is 1. The van der Waals surface area contributed by atoms with Crippen LogP contribution in [-0.2, 0) is 6.42 Å². The maximum Gasteiger partial charge on any atom is 0.186 e. The van der Waals surface area contributed by atoms with E-state index in [1.165, 1.54) is 94.9 Å². The molecular weight excluding hydrogens is 402 g/mol. The number of hydrogen-bond donors (Lipinski definition) is 1. The van der Waals surface area contributed by atoms with Gasteiger partial charge >= 0.3 is 0 Å². The summed E-state index contributed by atoms with van der Waals surface area (Å²) in [5.74, 6) is 0.800. The second kappa shape index (κ2) is 19.2. The van der Waals surface area contributed by atoms with Crippen molar-refractivity contribution >= 4 is 33.1 Å². The molecule has 0 aromatic carbocycles. The highest BCUT2D eigenvalue weighted by atomic mass is 33.1. The summed E-state index contributed by atoms with van der Waals surface area (Å²) in [5, 5.41) is 9.91. The fourth-order valence-electron chi connectivity index (χ4n) is 3.30. The van der Waals surface area contributed by atoms with Gasteiger partial charge in [0, 0.05) is 13.0 Å². The molecular formula is C22H43N3S3. The molecule has 3 nitrogen and oxygen atoms in total. The van der Waals surface area contributed by atoms with Gasteiger partial charge in [-0.25, -0.2) is 0 Å². The van der Waals surface area contributed by atoms with Crippen LogP contribution in [0.5, 0.6) is 0 Å². The molecule has 28 heavy (non-hydrogen) atoms. The first-order valence-corrected chi connectivity index (χ1v) is 14.6. The molecule has 0 saturated heterocycles. The minimum absolute atomic E-state index is 0.800. The molecule has 0 amide bonds. The predicted molar refractivity (Wildman–Crippen MR) is 130 cm³/mol. The molecule has 0 bridgehead atoms. The van der Waals surface area contributed by atoms with E-state index in [1.807, 2.05) is 0 Å². The second-order valence-electron chi connectivity index (χ2n) is 7.83. The van der Waals surface area contributed by atoms with Crippen molar-refractivity contribution in [1.82, 2.24) is 14.9 Å². The van der Waals surface area contributed by atoms with Gasteiger partial charge in [-0.3, -0.25) is 4.72 Å². The Morgan fingerprint density at radius 3 is 2.11 bits per heavy atom. The lowest BCUT2D eigenvalue weighted by Gasteiger charge is -2.13. The van der Waals surface area contributed by atoms with Gasteiger partial charge in [-0.2, -0.15) is 0 Å². The van der Waals surface area contributed by atoms with Crippen molar-refractivity contribution in [3.63, 3.8) is 0 Å². The second-order valence-corrected chi connectivity index (χ2v) is 11.2. The highest BCUT2D eigenvalue weighted by Gasteiger charge is 2.08. The van der Waals surface area contributed by atoms with Crippen LogP contribution in [0.25, 0.3) is 0 Å². The van der Waals surface area contributed by atoms with Gasteiger partial charge < -0.3 is 0 Å². The molecule has 164 valence electrons. The fourth-order valence-corrected chi connectivity index (χ4v) is 6.15. The molecule has 0 radical (unpaired) electrons. The first kappa shape index (κ1) is 26.3. The third-order valence-electron chi connectivity index (χ3n) is 5.28. The Hall–Kier alpha value is 0.220. The van der Waals surface area contributed by atoms with E-state index in [2.05, 4.69) is 35.7 Å². The lowest BCUT2D eigenvalue weighted by atomic mass is 10.00. The van der Waals surface area contributed by atoms with Crippen molar-refractivity contribution in [3.8, 4) is 0 Å². The summed E-state index contributed by atoms with van der Waals surface area (Å²) in [6.07, 6.45) is 20.2. The van der Waals surface area contributed by atoms with E-state index in [-0.39, 0.29) is 0 Å². The van der Waals surface area contributed by atoms with Crippen molar-refractivity contribution in [2.24, 2.45) is 5.92 Å². The molecule has 1 unspecified atom stereocenters. The quantitative estimate of drug-likeness (QED) is 0.124. The molecule has 1 rings (SSSR count). The van der Waals surface area contributed by atoms with E-state index in [0.29, 0.717) is 0 Å². The monoisotopic (exact) mass is 445 g/mol. The van der Waals surface area contributed by atoms with Gasteiger partial charge in [0.1, 0.15) is 5.01 Å². The highest BCUT2D eigenvalue weighted by molar-refractivity contribution is 8.76. The zero-order chi connectivity index (χ0) is 20.3. The van der Waals surface area contributed by atoms with Crippen molar-refractivity contribution < 1.29 is 0 Å². The molecule has 0 fully saturated rings. The van der Waals surface area contributed by atoms with Crippen LogP contribution in [0.2, 0.25) is 0 Å². The maximum atomic E-state index is 4.37. The molecule has 0 aliphatic rings. The van der Waals surface area contributed by atoms with Gasteiger partial charge in [0.05, 0.1) is 0 Å². The summed E-state index contributed by atoms with van der Waals surface area (Å²) in [4.78, 5) is 0. The number of nitrogens with one attached hydrogen (secondary N) is 1. The van der Waals surface area contributed by atoms with E-state index in [0.717, 1.165) is 23.2 Å². The van der Waals surface area contributed by atoms with E-state index in [4.69, 9.17) is 0 Å². The van der Waals surface area contributed by atoms with Crippen LogP contribution in [0, 0.1) is 5.92 Å². The summed E-state index contributed by atoms with van der Waals surface area (Å²) in [5.41, 5.74) is 0. The summed E-state index contributed by atoms with van der Waals surface area (Å²) in [7, 11) is 3.44. The molecule has 1 aromatic heterocycles. The van der Waals surface area contributed by atoms with Crippen LogP contribution in [-0.4, -0.2) is 16.7 Å². The zero-order valence-corrected chi connectivity index (χ0v) is 21.0. The normalized spacial score (nSPS) is 12.5. The Bertz CT molecular complexity index is 454. The number of hydrogen-bond acceptors (Lipinski definition) is 6. The molecule has 0 aliphatic carbocycles. The van der Waals surface area contributed by atoms with E-state index < -0.39 is 0 Å². The highest BCUT2D eigenvalue weighted by Crippen LogP contribution is 2.31. The standard InChI is InChI=1S/C22H43N3S3/c1-4-7-9-10-11-12-13-14-15-16-18-21-24-25-22(26-21)27-28-23-19-20(6-3)17-8-5-2/h20,23H,4-19H2,1-3H3. The molecule has 0 aliphatic heterocycles. The Kier molecular flexibility index (Phi) is 18.0. The summed E-state index contributed by atoms with van der Waals surface area (Å²) in [6.45, 7) is 7.95. The zero-order valence-electron chi connectivity index (χ0n) is 18.5. The molecule has 0 saturated carbocycles. The minimum atomic E-state index is 0.800. The Balaban J connectivity index is 1.99. The number of nitrogens with zero attached hydrogens (tertiary/aromatic N) is 2. The predicted octanol–water partition coefficient (Wildman–Crippen LogP) is 8.46. The van der Waals surface area contributed by atoms with Crippen LogP contribution in [0.15, 0.2) is 4.34 Å². The first-order chi connectivity index (χ1) is 13.8. The molecule has 1 aromatic rings. The van der Waals surface area contributed by atoms with E-state index >= 15 is 0 Å². The van der Waals surface area contributed by atoms with Crippen LogP contribution in [0.4, 0.5) is 0 Å². The number of unbranched alkanes of at least 4 members (excludes halogenated alkanes) is 10. The van der Waals surface area contributed by atoms with Crippen LogP contribution in [0.1, 0.15) is 116 Å². The van der Waals surface area contributed by atoms with Gasteiger partial charge in [-0.15, -0.1) is 10.2 Å². The Morgan fingerprint density at radius 2 is 1.46 bits per heavy atom. The topological polar surface area (TPSA) is 37.8 Å². The molecule has 1 atom stereocenters. The third-order valence-corrected chi connectivity index (χ3v) is 8.54. The van der Waals surface area contributed by atoms with Crippen LogP contribution < -0.4 is 4.72 Å². The van der Waals surface area contributed by atoms with Gasteiger partial charge in [-0.1, -0.05) is 109 Å². The van der Waals surface area contributed by atoms with Gasteiger partial charge in [0.2, 0.25) is 0 Å². The number of rotatable bonds is 20. The average molecular weight is 446 g/mol. The Labute approximate surface area is 186 Å². The maximum absolute atomic E-state index is 4.37. The summed E-state index contributed by atoms with van der Waals surface area (Å²) in [6, 6.07) is 0. The van der Waals surface area contributed by atoms with Crippen LogP contribution >= 0.6 is 33.1 Å². The van der Waals surface area contributed by atoms with Crippen molar-refractivity contribution in [3.05, 3.63) is 5.01 Å². The molecule has 1 N–H and O–H groups in total. The van der Waals surface area contributed by atoms with Gasteiger partial charge in [-0.05, 0) is 40.5 Å². The lowest BCUT2D eigenvalue weighted by molar-refractivity contribution is 0.452. The van der Waals surface area contributed by atoms with Crippen molar-refractivity contribution in [2.75, 3.05) is 6.54 Å². The van der Waals surface area contributed by atoms with E-state index in [9.17, 15) is 0 Å². The summed E-state index contributed by atoms with van der Waals surface area (Å²) < 4.78 is 4.59. The average Bonchev–Trinajstić information content (AvgIpc) is 3.16. The Morgan fingerprint density at radius 1 is 0.821 bits per heavy atom. The van der Waals surface area contributed by atoms with E-state index in [1.54, 1.807) is 33.1 Å². The van der Waals surface area contributed by atoms with Crippen molar-refractivity contribution in [2.45, 2.75) is 121 Å². The smallest absolute Gasteiger partial charge is 0.186 e.